The molecule has 2 saturated heterocycles. The Morgan fingerprint density at radius 1 is 1.50 bits per heavy atom. The van der Waals surface area contributed by atoms with Gasteiger partial charge >= 0.3 is 0 Å². The number of nitrogens with zero attached hydrogens (tertiary/aromatic N) is 2. The molecule has 0 saturated carbocycles. The number of carbonyl (C=O) groups excluding carboxylic acids is 1. The monoisotopic (exact) mass is 225 g/mol. The van der Waals surface area contributed by atoms with Crippen LogP contribution >= 0.6 is 0 Å². The van der Waals surface area contributed by atoms with Gasteiger partial charge in [0.2, 0.25) is 5.91 Å². The van der Waals surface area contributed by atoms with E-state index in [1.807, 2.05) is 0 Å². The summed E-state index contributed by atoms with van der Waals surface area (Å²) in [6.45, 7) is 7.28. The predicted octanol–water partition coefficient (Wildman–Crippen LogP) is 0.494. The molecule has 4 heteroatoms. The van der Waals surface area contributed by atoms with Crippen LogP contribution in [0.1, 0.15) is 26.7 Å². The van der Waals surface area contributed by atoms with Gasteiger partial charge in [0.05, 0.1) is 12.7 Å². The highest BCUT2D eigenvalue weighted by atomic mass is 16.2. The lowest BCUT2D eigenvalue weighted by atomic mass is 9.93. The summed E-state index contributed by atoms with van der Waals surface area (Å²) in [4.78, 5) is 16.5. The molecule has 0 radical (unpaired) electrons. The molecule has 1 amide bonds. The number of amides is 1. The van der Waals surface area contributed by atoms with Gasteiger partial charge in [0, 0.05) is 12.6 Å². The van der Waals surface area contributed by atoms with Gasteiger partial charge in [-0.25, -0.2) is 0 Å². The standard InChI is InChI=1S/C12H23N3O/c1-4-10-12(16)15(8-13-10)11-5-6-14(3)7-9(11)2/h9-11,13H,4-8H2,1-3H3. The minimum Gasteiger partial charge on any atom is -0.325 e. The van der Waals surface area contributed by atoms with Crippen LogP contribution in [-0.4, -0.2) is 54.6 Å². The van der Waals surface area contributed by atoms with E-state index < -0.39 is 0 Å². The van der Waals surface area contributed by atoms with Gasteiger partial charge < -0.3 is 9.80 Å². The molecule has 3 unspecified atom stereocenters. The summed E-state index contributed by atoms with van der Waals surface area (Å²) in [5.74, 6) is 0.893. The van der Waals surface area contributed by atoms with Gasteiger partial charge in [0.25, 0.3) is 0 Å². The van der Waals surface area contributed by atoms with Crippen molar-refractivity contribution in [1.29, 1.82) is 0 Å². The lowest BCUT2D eigenvalue weighted by molar-refractivity contribution is -0.132. The molecule has 2 fully saturated rings. The lowest BCUT2D eigenvalue weighted by Gasteiger charge is -2.39. The maximum Gasteiger partial charge on any atom is 0.241 e. The first-order valence-electron chi connectivity index (χ1n) is 6.36. The maximum absolute atomic E-state index is 12.1. The Morgan fingerprint density at radius 2 is 2.25 bits per heavy atom. The molecule has 2 aliphatic rings. The van der Waals surface area contributed by atoms with Crippen molar-refractivity contribution in [2.24, 2.45) is 5.92 Å². The van der Waals surface area contributed by atoms with E-state index >= 15 is 0 Å². The summed E-state index contributed by atoms with van der Waals surface area (Å²) in [5, 5.41) is 3.30. The molecule has 2 heterocycles. The number of piperidine rings is 1. The van der Waals surface area contributed by atoms with E-state index in [2.05, 4.69) is 36.0 Å². The van der Waals surface area contributed by atoms with Gasteiger partial charge in [-0.1, -0.05) is 13.8 Å². The van der Waals surface area contributed by atoms with Crippen LogP contribution in [0.15, 0.2) is 0 Å². The van der Waals surface area contributed by atoms with E-state index in [0.717, 1.165) is 32.6 Å². The van der Waals surface area contributed by atoms with Crippen LogP contribution in [-0.2, 0) is 4.79 Å². The highest BCUT2D eigenvalue weighted by Gasteiger charge is 2.38. The Balaban J connectivity index is 2.00. The second-order valence-electron chi connectivity index (χ2n) is 5.23. The third-order valence-corrected chi connectivity index (χ3v) is 3.96. The molecule has 0 spiro atoms. The van der Waals surface area contributed by atoms with Crippen molar-refractivity contribution in [2.75, 3.05) is 26.8 Å². The number of nitrogens with one attached hydrogen (secondary N) is 1. The minimum absolute atomic E-state index is 0.0619. The minimum atomic E-state index is 0.0619. The van der Waals surface area contributed by atoms with Crippen LogP contribution in [0.2, 0.25) is 0 Å². The molecule has 0 aromatic heterocycles. The van der Waals surface area contributed by atoms with Crippen LogP contribution in [0, 0.1) is 5.92 Å². The fourth-order valence-corrected chi connectivity index (χ4v) is 2.98. The molecule has 1 N–H and O–H groups in total. The van der Waals surface area contributed by atoms with Crippen molar-refractivity contribution < 1.29 is 4.79 Å². The van der Waals surface area contributed by atoms with Gasteiger partial charge in [0.15, 0.2) is 0 Å². The fourth-order valence-electron chi connectivity index (χ4n) is 2.98. The Morgan fingerprint density at radius 3 is 2.81 bits per heavy atom. The van der Waals surface area contributed by atoms with E-state index in [0.29, 0.717) is 17.9 Å². The van der Waals surface area contributed by atoms with E-state index in [1.165, 1.54) is 0 Å². The van der Waals surface area contributed by atoms with Gasteiger partial charge in [0.1, 0.15) is 0 Å². The van der Waals surface area contributed by atoms with Crippen molar-refractivity contribution in [3.63, 3.8) is 0 Å². The third kappa shape index (κ3) is 2.09. The van der Waals surface area contributed by atoms with Gasteiger partial charge in [-0.15, -0.1) is 0 Å². The van der Waals surface area contributed by atoms with E-state index in [1.54, 1.807) is 0 Å². The van der Waals surface area contributed by atoms with E-state index in [4.69, 9.17) is 0 Å². The summed E-state index contributed by atoms with van der Waals surface area (Å²) < 4.78 is 0. The average Bonchev–Trinajstić information content (AvgIpc) is 2.60. The average molecular weight is 225 g/mol. The second-order valence-corrected chi connectivity index (χ2v) is 5.23. The van der Waals surface area contributed by atoms with E-state index in [9.17, 15) is 4.79 Å². The highest BCUT2D eigenvalue weighted by Crippen LogP contribution is 2.23. The van der Waals surface area contributed by atoms with Crippen LogP contribution < -0.4 is 5.32 Å². The Labute approximate surface area is 98.0 Å². The largest absolute Gasteiger partial charge is 0.325 e. The molecule has 3 atom stereocenters. The number of likely N-dealkylation sites (tertiary alicyclic amines) is 1. The summed E-state index contributed by atoms with van der Waals surface area (Å²) in [5.41, 5.74) is 0. The number of rotatable bonds is 2. The van der Waals surface area contributed by atoms with Crippen molar-refractivity contribution in [2.45, 2.75) is 38.8 Å². The smallest absolute Gasteiger partial charge is 0.241 e. The van der Waals surface area contributed by atoms with Crippen molar-refractivity contribution in [3.8, 4) is 0 Å². The summed E-state index contributed by atoms with van der Waals surface area (Å²) >= 11 is 0. The lowest BCUT2D eigenvalue weighted by Crippen LogP contribution is -2.50. The quantitative estimate of drug-likeness (QED) is 0.743. The van der Waals surface area contributed by atoms with Crippen molar-refractivity contribution in [1.82, 2.24) is 15.1 Å². The zero-order valence-corrected chi connectivity index (χ0v) is 10.6. The topological polar surface area (TPSA) is 35.6 Å². The molecule has 0 aliphatic carbocycles. The number of hydrogen-bond acceptors (Lipinski definition) is 3. The fraction of sp³-hybridized carbons (Fsp3) is 0.917. The maximum atomic E-state index is 12.1. The van der Waals surface area contributed by atoms with E-state index in [-0.39, 0.29) is 6.04 Å². The normalized spacial score (nSPS) is 37.1. The van der Waals surface area contributed by atoms with Crippen molar-refractivity contribution in [3.05, 3.63) is 0 Å². The zero-order chi connectivity index (χ0) is 11.7. The summed E-state index contributed by atoms with van der Waals surface area (Å²) in [7, 11) is 2.16. The van der Waals surface area contributed by atoms with Crippen LogP contribution in [0.3, 0.4) is 0 Å². The third-order valence-electron chi connectivity index (χ3n) is 3.96. The van der Waals surface area contributed by atoms with Gasteiger partial charge in [-0.3, -0.25) is 10.1 Å². The molecule has 0 aromatic rings. The Kier molecular flexibility index (Phi) is 3.50. The first kappa shape index (κ1) is 11.9. The van der Waals surface area contributed by atoms with Crippen LogP contribution in [0.5, 0.6) is 0 Å². The SMILES string of the molecule is CCC1NCN(C2CCN(C)CC2C)C1=O. The molecule has 2 aliphatic heterocycles. The molecular formula is C12H23N3O. The molecule has 92 valence electrons. The highest BCUT2D eigenvalue weighted by molar-refractivity contribution is 5.84. The first-order valence-corrected chi connectivity index (χ1v) is 6.36. The number of carbonyl (C=O) groups is 1. The molecule has 0 aromatic carbocycles. The second kappa shape index (κ2) is 4.72. The molecule has 16 heavy (non-hydrogen) atoms. The first-order chi connectivity index (χ1) is 7.63. The summed E-state index contributed by atoms with van der Waals surface area (Å²) in [6.07, 6.45) is 2.01. The zero-order valence-electron chi connectivity index (χ0n) is 10.6. The van der Waals surface area contributed by atoms with Crippen LogP contribution in [0.25, 0.3) is 0 Å². The molecule has 0 bridgehead atoms. The Hall–Kier alpha value is -0.610. The molecule has 2 rings (SSSR count). The number of hydrogen-bond donors (Lipinski definition) is 1. The van der Waals surface area contributed by atoms with Crippen LogP contribution in [0.4, 0.5) is 0 Å². The molecular weight excluding hydrogens is 202 g/mol. The van der Waals surface area contributed by atoms with Gasteiger partial charge in [-0.05, 0) is 32.4 Å². The Bertz CT molecular complexity index is 269. The van der Waals surface area contributed by atoms with Gasteiger partial charge in [-0.2, -0.15) is 0 Å². The molecule has 4 nitrogen and oxygen atoms in total. The summed E-state index contributed by atoms with van der Waals surface area (Å²) in [6, 6.07) is 0.500. The van der Waals surface area contributed by atoms with Crippen molar-refractivity contribution >= 4 is 5.91 Å². The predicted molar refractivity (Wildman–Crippen MR) is 64.0 cm³/mol.